The number of carboxylic acid groups (broad SMARTS) is 1. The normalized spacial score (nSPS) is 14.0. The molecule has 3 atom stereocenters. The predicted octanol–water partition coefficient (Wildman–Crippen LogP) is 2.92. The number of aliphatic hydroxyl groups excluding tert-OH is 1. The van der Waals surface area contributed by atoms with Gasteiger partial charge < -0.3 is 19.7 Å². The summed E-state index contributed by atoms with van der Waals surface area (Å²) in [5.41, 5.74) is 1.54. The number of benzene rings is 2. The van der Waals surface area contributed by atoms with Crippen LogP contribution >= 0.6 is 11.3 Å². The zero-order valence-corrected chi connectivity index (χ0v) is 25.5. The summed E-state index contributed by atoms with van der Waals surface area (Å²) in [6, 6.07) is 10.5. The average Bonchev–Trinajstić information content (AvgIpc) is 3.62. The van der Waals surface area contributed by atoms with E-state index in [9.17, 15) is 27.5 Å². The Kier molecular flexibility index (Phi) is 10.6. The fraction of sp³-hybridized carbons (Fsp3) is 0.393. The molecule has 0 aliphatic rings. The van der Waals surface area contributed by atoms with Gasteiger partial charge in [-0.15, -0.1) is 16.4 Å². The Morgan fingerprint density at radius 2 is 1.84 bits per heavy atom. The van der Waals surface area contributed by atoms with Crippen molar-refractivity contribution >= 4 is 43.3 Å². The topological polar surface area (TPSA) is 197 Å². The van der Waals surface area contributed by atoms with Crippen LogP contribution in [0.4, 0.5) is 4.39 Å². The number of aliphatic hydroxyl groups is 1. The largest absolute Gasteiger partial charge is 0.487 e. The number of hydrogen-bond donors (Lipinski definition) is 3. The zero-order valence-electron chi connectivity index (χ0n) is 23.9. The van der Waals surface area contributed by atoms with Gasteiger partial charge in [-0.25, -0.2) is 27.6 Å². The number of carbonyl (C=O) groups is 2. The Labute approximate surface area is 256 Å². The van der Waals surface area contributed by atoms with Crippen molar-refractivity contribution in [1.82, 2.24) is 20.0 Å². The third kappa shape index (κ3) is 8.34. The van der Waals surface area contributed by atoms with Crippen molar-refractivity contribution in [3.63, 3.8) is 0 Å². The molecule has 44 heavy (non-hydrogen) atoms. The highest BCUT2D eigenvalue weighted by Gasteiger charge is 2.30. The summed E-state index contributed by atoms with van der Waals surface area (Å²) in [5.74, 6) is -1.90. The Morgan fingerprint density at radius 3 is 2.45 bits per heavy atom. The van der Waals surface area contributed by atoms with Crippen LogP contribution in [0.1, 0.15) is 37.6 Å². The number of nitrogens with zero attached hydrogens (tertiary/aromatic N) is 4. The molecule has 0 saturated heterocycles. The maximum atomic E-state index is 13.4. The van der Waals surface area contributed by atoms with Crippen LogP contribution in [-0.4, -0.2) is 69.7 Å². The number of aromatic nitrogens is 4. The van der Waals surface area contributed by atoms with Crippen LogP contribution < -0.4 is 14.6 Å². The highest BCUT2D eigenvalue weighted by Crippen LogP contribution is 2.29. The minimum absolute atomic E-state index is 0.00714. The Bertz CT molecular complexity index is 1700. The molecule has 2 unspecified atom stereocenters. The van der Waals surface area contributed by atoms with E-state index in [1.807, 2.05) is 13.8 Å². The highest BCUT2D eigenvalue weighted by atomic mass is 32.2. The molecule has 4 N–H and O–H groups in total. The lowest BCUT2D eigenvalue weighted by molar-refractivity contribution is -0.144. The Balaban J connectivity index is 1.40. The third-order valence-electron chi connectivity index (χ3n) is 6.66. The van der Waals surface area contributed by atoms with Gasteiger partial charge in [0.05, 0.1) is 28.9 Å². The molecule has 236 valence electrons. The second kappa shape index (κ2) is 14.2. The first-order valence-corrected chi connectivity index (χ1v) is 15.9. The van der Waals surface area contributed by atoms with Gasteiger partial charge in [0.2, 0.25) is 4.34 Å². The summed E-state index contributed by atoms with van der Waals surface area (Å²) in [4.78, 5) is 29.5. The van der Waals surface area contributed by atoms with E-state index in [-0.39, 0.29) is 35.5 Å². The monoisotopic (exact) mass is 649 g/mol. The minimum Gasteiger partial charge on any atom is -0.487 e. The molecular formula is C28H32FN5O8S2. The summed E-state index contributed by atoms with van der Waals surface area (Å²) >= 11 is 0.924. The number of nitrogens with two attached hydrogens (primary N) is 1. The average molecular weight is 650 g/mol. The van der Waals surface area contributed by atoms with E-state index >= 15 is 0 Å². The van der Waals surface area contributed by atoms with E-state index in [0.717, 1.165) is 11.3 Å². The molecule has 2 aromatic heterocycles. The number of thiazole rings is 1. The summed E-state index contributed by atoms with van der Waals surface area (Å²) < 4.78 is 48.9. The quantitative estimate of drug-likeness (QED) is 0.161. The number of alkyl halides is 1. The van der Waals surface area contributed by atoms with Gasteiger partial charge in [0.15, 0.2) is 5.78 Å². The van der Waals surface area contributed by atoms with Crippen molar-refractivity contribution in [3.05, 3.63) is 59.9 Å². The predicted molar refractivity (Wildman–Crippen MR) is 158 cm³/mol. The smallest absolute Gasteiger partial charge is 0.307 e. The molecule has 0 bridgehead atoms. The molecule has 0 spiro atoms. The van der Waals surface area contributed by atoms with Gasteiger partial charge >= 0.3 is 5.97 Å². The first-order valence-electron chi connectivity index (χ1n) is 13.5. The first kappa shape index (κ1) is 32.9. The summed E-state index contributed by atoms with van der Waals surface area (Å²) in [5, 5.41) is 32.3. The molecule has 0 aliphatic heterocycles. The van der Waals surface area contributed by atoms with Crippen LogP contribution in [0.2, 0.25) is 0 Å². The highest BCUT2D eigenvalue weighted by molar-refractivity contribution is 7.91. The van der Waals surface area contributed by atoms with E-state index in [1.165, 1.54) is 4.68 Å². The van der Waals surface area contributed by atoms with E-state index in [2.05, 4.69) is 15.3 Å². The standard InChI is InChI=1S/C28H32FN5O8S2/c1-16(2)26(24(36)10-18(27(37)38)9-17-3-5-20(6-4-17)42-22(12-29)14-35)34-13-19(32-33-34)15-41-21-7-8-23-25(11-21)43-28(31-23)44(30,39)40/h3-8,11,13,16,18,22,26,35H,9-10,12,14-15H2,1-2H3,(H,37,38)(H2,30,39,40)/t18-,22?,26?/m1/s1. The number of ether oxygens (including phenoxy) is 2. The van der Waals surface area contributed by atoms with Gasteiger partial charge in [0.1, 0.15) is 42.6 Å². The van der Waals surface area contributed by atoms with Crippen LogP contribution in [0, 0.1) is 11.8 Å². The number of carboxylic acids is 1. The zero-order chi connectivity index (χ0) is 32.0. The molecule has 2 heterocycles. The molecule has 16 heteroatoms. The molecular weight excluding hydrogens is 617 g/mol. The van der Waals surface area contributed by atoms with Crippen molar-refractivity contribution in [2.45, 2.75) is 49.8 Å². The lowest BCUT2D eigenvalue weighted by atomic mass is 9.89. The number of rotatable bonds is 16. The molecule has 4 aromatic rings. The number of fused-ring (bicyclic) bond motifs is 1. The van der Waals surface area contributed by atoms with E-state index < -0.39 is 47.3 Å². The van der Waals surface area contributed by atoms with Gasteiger partial charge in [-0.1, -0.05) is 31.2 Å². The molecule has 2 aromatic carbocycles. The van der Waals surface area contributed by atoms with Crippen LogP contribution in [0.3, 0.4) is 0 Å². The van der Waals surface area contributed by atoms with Gasteiger partial charge in [-0.2, -0.15) is 0 Å². The SMILES string of the molecule is CC(C)C(C(=O)C[C@@H](Cc1ccc(OC(CO)CF)cc1)C(=O)O)n1cc(COc2ccc3nc(S(N)(=O)=O)sc3c2)nn1. The second-order valence-corrected chi connectivity index (χ2v) is 13.2. The molecule has 4 rings (SSSR count). The minimum atomic E-state index is -3.92. The van der Waals surface area contributed by atoms with Crippen molar-refractivity contribution < 1.29 is 42.1 Å². The van der Waals surface area contributed by atoms with E-state index in [0.29, 0.717) is 33.0 Å². The van der Waals surface area contributed by atoms with Crippen molar-refractivity contribution in [2.24, 2.45) is 17.0 Å². The van der Waals surface area contributed by atoms with Gasteiger partial charge in [-0.05, 0) is 48.2 Å². The number of hydrogen-bond acceptors (Lipinski definition) is 11. The van der Waals surface area contributed by atoms with Crippen molar-refractivity contribution in [1.29, 1.82) is 0 Å². The Hall–Kier alpha value is -3.99. The maximum Gasteiger partial charge on any atom is 0.307 e. The maximum absolute atomic E-state index is 13.4. The number of halogens is 1. The summed E-state index contributed by atoms with van der Waals surface area (Å²) in [6.07, 6.45) is 0.422. The first-order chi connectivity index (χ1) is 20.9. The number of carbonyl (C=O) groups excluding carboxylic acids is 1. The van der Waals surface area contributed by atoms with Crippen molar-refractivity contribution in [3.8, 4) is 11.5 Å². The van der Waals surface area contributed by atoms with E-state index in [4.69, 9.17) is 19.7 Å². The van der Waals surface area contributed by atoms with Crippen molar-refractivity contribution in [2.75, 3.05) is 13.3 Å². The van der Waals surface area contributed by atoms with E-state index in [1.54, 1.807) is 48.7 Å². The van der Waals surface area contributed by atoms with Crippen LogP contribution in [0.15, 0.2) is 53.0 Å². The molecule has 0 saturated carbocycles. The van der Waals surface area contributed by atoms with Gasteiger partial charge in [0.25, 0.3) is 10.0 Å². The second-order valence-electron chi connectivity index (χ2n) is 10.5. The van der Waals surface area contributed by atoms with Gasteiger partial charge in [-0.3, -0.25) is 9.59 Å². The molecule has 0 amide bonds. The van der Waals surface area contributed by atoms with Gasteiger partial charge in [0, 0.05) is 6.42 Å². The van der Waals surface area contributed by atoms with Crippen LogP contribution in [0.5, 0.6) is 11.5 Å². The number of ketones is 1. The number of Topliss-reactive ketones (excluding diaryl/α,β-unsaturated/α-hetero) is 1. The summed E-state index contributed by atoms with van der Waals surface area (Å²) in [7, 11) is -3.92. The number of sulfonamides is 1. The molecule has 0 radical (unpaired) electrons. The van der Waals surface area contributed by atoms with Crippen LogP contribution in [-0.2, 0) is 32.6 Å². The summed E-state index contributed by atoms with van der Waals surface area (Å²) in [6.45, 7) is 2.33. The molecule has 13 nitrogen and oxygen atoms in total. The third-order valence-corrected chi connectivity index (χ3v) is 8.99. The fourth-order valence-corrected chi connectivity index (χ4v) is 6.19. The molecule has 0 aliphatic carbocycles. The fourth-order valence-electron chi connectivity index (χ4n) is 4.50. The lowest BCUT2D eigenvalue weighted by Crippen LogP contribution is -2.29. The molecule has 0 fully saturated rings. The lowest BCUT2D eigenvalue weighted by Gasteiger charge is -2.21. The Morgan fingerprint density at radius 1 is 1.14 bits per heavy atom. The van der Waals surface area contributed by atoms with Crippen LogP contribution in [0.25, 0.3) is 10.2 Å². The number of aliphatic carboxylic acids is 1. The number of primary sulfonamides is 1.